The lowest BCUT2D eigenvalue weighted by molar-refractivity contribution is -0.0172. The number of nitrogens with one attached hydrogen (secondary N) is 2. The van der Waals surface area contributed by atoms with Crippen molar-refractivity contribution in [2.45, 2.75) is 45.8 Å². The topological polar surface area (TPSA) is 67.4 Å². The number of hydrogen-bond donors (Lipinski definition) is 2. The average Bonchev–Trinajstić information content (AvgIpc) is 2.80. The number of nitrogens with zero attached hydrogens (tertiary/aromatic N) is 2. The summed E-state index contributed by atoms with van der Waals surface area (Å²) in [6.45, 7) is 10.1. The van der Waals surface area contributed by atoms with Gasteiger partial charge in [0.05, 0.1) is 19.8 Å². The maximum Gasteiger partial charge on any atom is 0.191 e. The first-order valence-corrected chi connectivity index (χ1v) is 11.4. The first kappa shape index (κ1) is 27.1. The van der Waals surface area contributed by atoms with Crippen molar-refractivity contribution in [1.82, 2.24) is 15.5 Å². The lowest BCUT2D eigenvalue weighted by Crippen LogP contribution is -2.53. The molecule has 0 aliphatic carbocycles. The molecule has 1 atom stereocenters. The molecule has 182 valence electrons. The molecule has 1 saturated heterocycles. The molecule has 1 fully saturated rings. The van der Waals surface area contributed by atoms with Gasteiger partial charge in [-0.15, -0.1) is 24.0 Å². The molecule has 2 aliphatic heterocycles. The number of ether oxygens (including phenoxy) is 3. The van der Waals surface area contributed by atoms with E-state index in [1.54, 1.807) is 13.1 Å². The number of hydrogen-bond acceptors (Lipinski definition) is 5. The van der Waals surface area contributed by atoms with Gasteiger partial charge in [0.2, 0.25) is 0 Å². The van der Waals surface area contributed by atoms with Crippen molar-refractivity contribution in [2.24, 2.45) is 10.9 Å². The van der Waals surface area contributed by atoms with E-state index in [4.69, 9.17) is 14.2 Å². The van der Waals surface area contributed by atoms with Gasteiger partial charge in [-0.3, -0.25) is 9.89 Å². The summed E-state index contributed by atoms with van der Waals surface area (Å²) in [7, 11) is 1.78. The largest absolute Gasteiger partial charge is 0.467 e. The fourth-order valence-corrected chi connectivity index (χ4v) is 4.52. The molecule has 1 aromatic carbocycles. The molecule has 0 aromatic heterocycles. The molecule has 3 rings (SSSR count). The number of morpholine rings is 1. The fraction of sp³-hybridized carbons (Fsp3) is 0.696. The number of halogens is 2. The van der Waals surface area contributed by atoms with Crippen LogP contribution in [0.25, 0.3) is 0 Å². The molecule has 2 heterocycles. The highest BCUT2D eigenvalue weighted by molar-refractivity contribution is 14.0. The van der Waals surface area contributed by atoms with E-state index in [2.05, 4.69) is 34.4 Å². The van der Waals surface area contributed by atoms with Gasteiger partial charge >= 0.3 is 0 Å². The highest BCUT2D eigenvalue weighted by Crippen LogP contribution is 2.29. The highest BCUT2D eigenvalue weighted by Gasteiger charge is 2.27. The minimum Gasteiger partial charge on any atom is -0.467 e. The van der Waals surface area contributed by atoms with Gasteiger partial charge in [0.25, 0.3) is 0 Å². The number of aliphatic imine (C=N–C) groups is 1. The number of fused-ring (bicyclic) bond motifs is 1. The van der Waals surface area contributed by atoms with Crippen LogP contribution in [0.15, 0.2) is 17.1 Å². The first-order chi connectivity index (χ1) is 15.2. The Morgan fingerprint density at radius 2 is 1.91 bits per heavy atom. The zero-order valence-corrected chi connectivity index (χ0v) is 21.8. The third-order valence-corrected chi connectivity index (χ3v) is 6.25. The van der Waals surface area contributed by atoms with Crippen molar-refractivity contribution >= 4 is 29.9 Å². The van der Waals surface area contributed by atoms with Crippen LogP contribution in [0.3, 0.4) is 0 Å². The van der Waals surface area contributed by atoms with Gasteiger partial charge in [0.15, 0.2) is 12.8 Å². The molecule has 1 unspecified atom stereocenters. The molecule has 1 aromatic rings. The summed E-state index contributed by atoms with van der Waals surface area (Å²) in [6, 6.07) is 3.47. The van der Waals surface area contributed by atoms with Crippen molar-refractivity contribution in [3.05, 3.63) is 29.1 Å². The van der Waals surface area contributed by atoms with Gasteiger partial charge in [-0.25, -0.2) is 4.39 Å². The molecular formula is C23H38FIN4O3. The summed E-state index contributed by atoms with van der Waals surface area (Å²) < 4.78 is 30.4. The van der Waals surface area contributed by atoms with Crippen molar-refractivity contribution in [2.75, 3.05) is 53.2 Å². The lowest BCUT2D eigenvalue weighted by Gasteiger charge is -2.39. The predicted octanol–water partition coefficient (Wildman–Crippen LogP) is 3.15. The van der Waals surface area contributed by atoms with E-state index >= 15 is 0 Å². The maximum absolute atomic E-state index is 14.0. The van der Waals surface area contributed by atoms with Crippen LogP contribution in [0.4, 0.5) is 4.39 Å². The quantitative estimate of drug-likeness (QED) is 0.273. The number of rotatable bonds is 9. The van der Waals surface area contributed by atoms with Crippen molar-refractivity contribution < 1.29 is 18.6 Å². The monoisotopic (exact) mass is 564 g/mol. The molecule has 0 amide bonds. The molecule has 0 spiro atoms. The number of benzene rings is 1. The van der Waals surface area contributed by atoms with Gasteiger partial charge in [-0.05, 0) is 30.0 Å². The van der Waals surface area contributed by atoms with Crippen LogP contribution in [0.2, 0.25) is 0 Å². The van der Waals surface area contributed by atoms with Crippen molar-refractivity contribution in [1.29, 1.82) is 0 Å². The SMILES string of the molecule is CCC(CC)C(CNC(=NC)NCCc1cc(F)cc2c1OCOC2)N1CCOCC1.I. The fourth-order valence-electron chi connectivity index (χ4n) is 4.52. The van der Waals surface area contributed by atoms with Gasteiger partial charge in [-0.2, -0.15) is 0 Å². The Labute approximate surface area is 208 Å². The second kappa shape index (κ2) is 14.2. The molecule has 0 radical (unpaired) electrons. The minimum absolute atomic E-state index is 0. The van der Waals surface area contributed by atoms with E-state index in [9.17, 15) is 4.39 Å². The molecule has 32 heavy (non-hydrogen) atoms. The third kappa shape index (κ3) is 7.43. The third-order valence-electron chi connectivity index (χ3n) is 6.25. The molecule has 0 saturated carbocycles. The summed E-state index contributed by atoms with van der Waals surface area (Å²) in [5.74, 6) is 1.88. The van der Waals surface area contributed by atoms with Crippen LogP contribution in [-0.4, -0.2) is 70.1 Å². The molecule has 7 nitrogen and oxygen atoms in total. The minimum atomic E-state index is -0.260. The van der Waals surface area contributed by atoms with Crippen LogP contribution >= 0.6 is 24.0 Å². The van der Waals surface area contributed by atoms with Crippen LogP contribution in [-0.2, 0) is 22.5 Å². The molecule has 0 bridgehead atoms. The summed E-state index contributed by atoms with van der Waals surface area (Å²) >= 11 is 0. The van der Waals surface area contributed by atoms with E-state index in [-0.39, 0.29) is 36.6 Å². The Bertz CT molecular complexity index is 727. The highest BCUT2D eigenvalue weighted by atomic mass is 127. The van der Waals surface area contributed by atoms with Crippen molar-refractivity contribution in [3.63, 3.8) is 0 Å². The van der Waals surface area contributed by atoms with E-state index in [1.165, 1.54) is 6.07 Å². The van der Waals surface area contributed by atoms with Crippen LogP contribution in [0, 0.1) is 11.7 Å². The molecule has 2 N–H and O–H groups in total. The van der Waals surface area contributed by atoms with Crippen LogP contribution in [0.5, 0.6) is 5.75 Å². The Morgan fingerprint density at radius 1 is 1.16 bits per heavy atom. The zero-order valence-electron chi connectivity index (χ0n) is 19.5. The maximum atomic E-state index is 14.0. The Balaban J connectivity index is 0.00000363. The van der Waals surface area contributed by atoms with Crippen LogP contribution in [0.1, 0.15) is 37.8 Å². The summed E-state index contributed by atoms with van der Waals surface area (Å²) in [5, 5.41) is 6.87. The van der Waals surface area contributed by atoms with E-state index in [0.29, 0.717) is 31.5 Å². The Kier molecular flexibility index (Phi) is 12.0. The van der Waals surface area contributed by atoms with Gasteiger partial charge in [-0.1, -0.05) is 26.7 Å². The van der Waals surface area contributed by atoms with Gasteiger partial charge < -0.3 is 24.8 Å². The van der Waals surface area contributed by atoms with E-state index in [0.717, 1.165) is 68.5 Å². The Hall–Kier alpha value is -1.17. The van der Waals surface area contributed by atoms with Gasteiger partial charge in [0, 0.05) is 44.8 Å². The van der Waals surface area contributed by atoms with E-state index < -0.39 is 0 Å². The summed E-state index contributed by atoms with van der Waals surface area (Å²) in [5.41, 5.74) is 1.62. The standard InChI is InChI=1S/C23H37FN4O3.HI/c1-4-17(5-2)21(28-8-10-29-11-9-28)14-27-23(25-3)26-7-6-18-12-20(24)13-19-15-30-16-31-22(18)19;/h12-13,17,21H,4-11,14-16H2,1-3H3,(H2,25,26,27);1H. The average molecular weight is 564 g/mol. The van der Waals surface area contributed by atoms with Crippen molar-refractivity contribution in [3.8, 4) is 5.75 Å². The second-order valence-corrected chi connectivity index (χ2v) is 8.09. The molecule has 9 heteroatoms. The molecular weight excluding hydrogens is 526 g/mol. The summed E-state index contributed by atoms with van der Waals surface area (Å²) in [6.07, 6.45) is 2.95. The molecule has 2 aliphatic rings. The van der Waals surface area contributed by atoms with Gasteiger partial charge in [0.1, 0.15) is 11.6 Å². The Morgan fingerprint density at radius 3 is 2.59 bits per heavy atom. The second-order valence-electron chi connectivity index (χ2n) is 8.09. The smallest absolute Gasteiger partial charge is 0.191 e. The number of guanidine groups is 1. The zero-order chi connectivity index (χ0) is 22.1. The lowest BCUT2D eigenvalue weighted by atomic mass is 9.92. The first-order valence-electron chi connectivity index (χ1n) is 11.4. The normalized spacial score (nSPS) is 17.8. The summed E-state index contributed by atoms with van der Waals surface area (Å²) in [4.78, 5) is 6.92. The predicted molar refractivity (Wildman–Crippen MR) is 135 cm³/mol. The van der Waals surface area contributed by atoms with Crippen LogP contribution < -0.4 is 15.4 Å². The van der Waals surface area contributed by atoms with E-state index in [1.807, 2.05) is 0 Å².